The summed E-state index contributed by atoms with van der Waals surface area (Å²) >= 11 is 0. The maximum Gasteiger partial charge on any atom is 0.184 e. The monoisotopic (exact) mass is 464 g/mol. The zero-order chi connectivity index (χ0) is 23.8. The van der Waals surface area contributed by atoms with Crippen molar-refractivity contribution in [1.29, 1.82) is 0 Å². The molecule has 0 saturated heterocycles. The molecule has 4 aromatic rings. The van der Waals surface area contributed by atoms with Gasteiger partial charge < -0.3 is 0 Å². The lowest BCUT2D eigenvalue weighted by atomic mass is 9.13. The summed E-state index contributed by atoms with van der Waals surface area (Å²) in [5, 5.41) is 0.421. The molecule has 0 aromatic heterocycles. The van der Waals surface area contributed by atoms with E-state index in [2.05, 4.69) is 134 Å². The van der Waals surface area contributed by atoms with Gasteiger partial charge in [0.1, 0.15) is 6.15 Å². The third-order valence-corrected chi connectivity index (χ3v) is 8.65. The van der Waals surface area contributed by atoms with Crippen LogP contribution in [0.15, 0.2) is 121 Å². The number of hydrogen-bond acceptors (Lipinski definition) is 1. The molecule has 1 saturated carbocycles. The van der Waals surface area contributed by atoms with Crippen molar-refractivity contribution in [2.75, 3.05) is 12.5 Å². The molecule has 0 aliphatic heterocycles. The highest BCUT2D eigenvalue weighted by molar-refractivity contribution is 7.96. The van der Waals surface area contributed by atoms with Crippen molar-refractivity contribution < 1.29 is 4.79 Å². The molecule has 4 aromatic carbocycles. The van der Waals surface area contributed by atoms with Gasteiger partial charge in [-0.1, -0.05) is 121 Å². The van der Waals surface area contributed by atoms with Gasteiger partial charge in [-0.25, -0.2) is 0 Å². The summed E-state index contributed by atoms with van der Waals surface area (Å²) in [5.41, 5.74) is 5.36. The van der Waals surface area contributed by atoms with Crippen LogP contribution in [0.25, 0.3) is 0 Å². The second kappa shape index (κ2) is 11.4. The molecular formula is C31H33BOS. The van der Waals surface area contributed by atoms with Crippen LogP contribution in [0.1, 0.15) is 19.3 Å². The van der Waals surface area contributed by atoms with Crippen molar-refractivity contribution in [3.8, 4) is 0 Å². The van der Waals surface area contributed by atoms with Crippen molar-refractivity contribution >= 4 is 44.7 Å². The molecule has 0 N–H and O–H groups in total. The normalized spacial score (nSPS) is 15.6. The van der Waals surface area contributed by atoms with E-state index < -0.39 is 6.15 Å². The van der Waals surface area contributed by atoms with E-state index in [4.69, 9.17) is 0 Å². The second-order valence-electron chi connectivity index (χ2n) is 9.24. The largest absolute Gasteiger partial charge is 0.294 e. The van der Waals surface area contributed by atoms with E-state index in [0.29, 0.717) is 21.9 Å². The summed E-state index contributed by atoms with van der Waals surface area (Å²) in [6.45, 7) is 0. The quantitative estimate of drug-likeness (QED) is 0.322. The van der Waals surface area contributed by atoms with Crippen LogP contribution in [-0.2, 0) is 15.7 Å². The summed E-state index contributed by atoms with van der Waals surface area (Å²) in [4.78, 5) is 11.0. The van der Waals surface area contributed by atoms with E-state index in [9.17, 15) is 4.79 Å². The van der Waals surface area contributed by atoms with E-state index >= 15 is 0 Å². The summed E-state index contributed by atoms with van der Waals surface area (Å²) < 4.78 is 0. The minimum Gasteiger partial charge on any atom is -0.294 e. The van der Waals surface area contributed by atoms with E-state index in [1.165, 1.54) is 21.9 Å². The number of Topliss-reactive ketones (excluding diaryl/α,β-unsaturated/α-hetero) is 1. The van der Waals surface area contributed by atoms with Crippen LogP contribution in [0.3, 0.4) is 0 Å². The number of rotatable bonds is 5. The van der Waals surface area contributed by atoms with E-state index in [1.807, 2.05) is 0 Å². The summed E-state index contributed by atoms with van der Waals surface area (Å²) in [6, 6.07) is 43.5. The molecule has 0 heterocycles. The Kier molecular flexibility index (Phi) is 8.08. The Hall–Kier alpha value is -3.04. The van der Waals surface area contributed by atoms with Crippen LogP contribution in [0, 0.1) is 0 Å². The molecule has 0 radical (unpaired) electrons. The number of hydrogen-bond donors (Lipinski definition) is 0. The molecule has 0 amide bonds. The Morgan fingerprint density at radius 2 is 0.912 bits per heavy atom. The molecule has 3 heteroatoms. The molecule has 0 bridgehead atoms. The molecule has 172 valence electrons. The fraction of sp³-hybridized carbons (Fsp3) is 0.194. The summed E-state index contributed by atoms with van der Waals surface area (Å²) in [5.74, 6) is 0.503. The number of benzene rings is 4. The van der Waals surface area contributed by atoms with Gasteiger partial charge in [0.25, 0.3) is 0 Å². The first-order valence-electron chi connectivity index (χ1n) is 12.1. The van der Waals surface area contributed by atoms with E-state index in [-0.39, 0.29) is 0 Å². The van der Waals surface area contributed by atoms with Crippen molar-refractivity contribution in [1.82, 2.24) is 0 Å². The van der Waals surface area contributed by atoms with Gasteiger partial charge in [0, 0.05) is 12.8 Å². The molecule has 1 aliphatic carbocycles. The second-order valence-corrected chi connectivity index (χ2v) is 11.6. The maximum atomic E-state index is 11.0. The third kappa shape index (κ3) is 5.05. The molecular weight excluding hydrogens is 431 g/mol. The average molecular weight is 464 g/mol. The fourth-order valence-corrected chi connectivity index (χ4v) is 6.69. The maximum absolute atomic E-state index is 11.0. The van der Waals surface area contributed by atoms with Crippen molar-refractivity contribution in [2.45, 2.75) is 24.5 Å². The highest BCUT2D eigenvalue weighted by Crippen LogP contribution is 2.20. The van der Waals surface area contributed by atoms with Crippen LogP contribution >= 0.6 is 0 Å². The minimum absolute atomic E-state index is 0.329. The molecule has 0 spiro atoms. The smallest absolute Gasteiger partial charge is 0.184 e. The van der Waals surface area contributed by atoms with Gasteiger partial charge in [0.05, 0.1) is 12.5 Å². The first kappa shape index (κ1) is 24.1. The van der Waals surface area contributed by atoms with Gasteiger partial charge in [-0.15, -0.1) is 0 Å². The Morgan fingerprint density at radius 1 is 0.588 bits per heavy atom. The Labute approximate surface area is 207 Å². The highest BCUT2D eigenvalue weighted by atomic mass is 32.2. The number of carbonyl (C=O) groups is 1. The number of carbonyl (C=O) groups excluding carboxylic acids is 1. The summed E-state index contributed by atoms with van der Waals surface area (Å²) in [7, 11) is 0.329. The van der Waals surface area contributed by atoms with Gasteiger partial charge in [-0.3, -0.25) is 4.79 Å². The molecule has 1 unspecified atom stereocenters. The molecule has 5 rings (SSSR count). The fourth-order valence-electron chi connectivity index (χ4n) is 5.40. The molecule has 1 aliphatic rings. The van der Waals surface area contributed by atoms with Gasteiger partial charge in [0.2, 0.25) is 0 Å². The van der Waals surface area contributed by atoms with Gasteiger partial charge in [0.15, 0.2) is 11.0 Å². The van der Waals surface area contributed by atoms with Gasteiger partial charge >= 0.3 is 0 Å². The Balaban J connectivity index is 0.000000257. The van der Waals surface area contributed by atoms with Crippen LogP contribution < -0.4 is 21.9 Å². The molecule has 1 fully saturated rings. The molecule has 1 nitrogen and oxygen atoms in total. The Bertz CT molecular complexity index is 998. The Morgan fingerprint density at radius 3 is 1.12 bits per heavy atom. The number of ketones is 1. The predicted molar refractivity (Wildman–Crippen MR) is 152 cm³/mol. The van der Waals surface area contributed by atoms with Crippen LogP contribution in [0.4, 0.5) is 0 Å². The topological polar surface area (TPSA) is 17.1 Å². The zero-order valence-electron chi connectivity index (χ0n) is 20.1. The molecule has 34 heavy (non-hydrogen) atoms. The van der Waals surface area contributed by atoms with E-state index in [0.717, 1.165) is 19.3 Å². The first-order valence-corrected chi connectivity index (χ1v) is 14.2. The lowest BCUT2D eigenvalue weighted by Crippen LogP contribution is -2.74. The average Bonchev–Trinajstić information content (AvgIpc) is 3.34. The van der Waals surface area contributed by atoms with Crippen molar-refractivity contribution in [3.05, 3.63) is 121 Å². The lowest BCUT2D eigenvalue weighted by molar-refractivity contribution is -0.117. The summed E-state index contributed by atoms with van der Waals surface area (Å²) in [6.07, 6.45) is 6.23. The van der Waals surface area contributed by atoms with Crippen LogP contribution in [-0.4, -0.2) is 29.7 Å². The predicted octanol–water partition coefficient (Wildman–Crippen LogP) is 4.05. The third-order valence-electron chi connectivity index (χ3n) is 7.02. The van der Waals surface area contributed by atoms with Crippen molar-refractivity contribution in [2.24, 2.45) is 0 Å². The SMILES string of the molecule is C[S+](C)C1CCCC1=O.c1ccc([B-](c2ccccc2)(c2ccccc2)c2ccccc2)cc1. The van der Waals surface area contributed by atoms with Crippen LogP contribution in [0.5, 0.6) is 0 Å². The lowest BCUT2D eigenvalue weighted by Gasteiger charge is -2.44. The molecule has 1 atom stereocenters. The van der Waals surface area contributed by atoms with Gasteiger partial charge in [-0.05, 0) is 17.3 Å². The first-order chi connectivity index (χ1) is 16.6. The highest BCUT2D eigenvalue weighted by Gasteiger charge is 2.34. The zero-order valence-corrected chi connectivity index (χ0v) is 21.0. The van der Waals surface area contributed by atoms with Crippen LogP contribution in [0.2, 0.25) is 0 Å². The minimum atomic E-state index is -1.22. The van der Waals surface area contributed by atoms with Crippen molar-refractivity contribution in [3.63, 3.8) is 0 Å². The van der Waals surface area contributed by atoms with E-state index in [1.54, 1.807) is 0 Å². The standard InChI is InChI=1S/C24H20B.C7H13OS/c1-5-13-21(14-6-1)25(22-15-7-2-8-16-22,23-17-9-3-10-18-23)24-19-11-4-12-20-24;1-9(2)7-5-3-4-6(7)8/h1-20H;7H,3-5H2,1-2H3/q-1;+1. The van der Waals surface area contributed by atoms with Gasteiger partial charge in [-0.2, -0.15) is 21.9 Å².